The summed E-state index contributed by atoms with van der Waals surface area (Å²) in [4.78, 5) is 24.9. The zero-order valence-electron chi connectivity index (χ0n) is 10.5. The predicted octanol–water partition coefficient (Wildman–Crippen LogP) is 4.50. The third-order valence-electron chi connectivity index (χ3n) is 3.23. The minimum Gasteiger partial charge on any atom is -0.288 e. The molecule has 2 aliphatic heterocycles. The third-order valence-corrected chi connectivity index (χ3v) is 9.02. The summed E-state index contributed by atoms with van der Waals surface area (Å²) < 4.78 is 16.9. The third kappa shape index (κ3) is 2.13. The number of hydrogen-bond acceptors (Lipinski definition) is 6. The number of fused-ring (bicyclic) bond motifs is 1. The average Bonchev–Trinajstić information content (AvgIpc) is 2.99. The first-order valence-corrected chi connectivity index (χ1v) is 9.75. The van der Waals surface area contributed by atoms with Gasteiger partial charge in [0.1, 0.15) is 5.82 Å². The summed E-state index contributed by atoms with van der Waals surface area (Å²) in [5, 5.41) is 0. The lowest BCUT2D eigenvalue weighted by atomic mass is 10.1. The molecule has 106 valence electrons. The van der Waals surface area contributed by atoms with Crippen molar-refractivity contribution in [2.75, 3.05) is 11.5 Å². The molecule has 0 N–H and O–H groups in total. The molecular formula is C14H7FO2S4. The Labute approximate surface area is 137 Å². The zero-order valence-corrected chi connectivity index (χ0v) is 13.7. The molecule has 0 saturated carbocycles. The molecule has 0 radical (unpaired) electrons. The highest BCUT2D eigenvalue weighted by Gasteiger charge is 2.40. The molecular weight excluding hydrogens is 347 g/mol. The molecule has 7 heteroatoms. The van der Waals surface area contributed by atoms with Crippen LogP contribution in [0.15, 0.2) is 36.5 Å². The molecule has 4 rings (SSSR count). The molecule has 0 unspecified atom stereocenters. The number of carbonyl (C=O) groups excluding carboxylic acids is 2. The average molecular weight is 354 g/mol. The van der Waals surface area contributed by atoms with E-state index in [0.29, 0.717) is 4.24 Å². The summed E-state index contributed by atoms with van der Waals surface area (Å²) >= 11 is 6.46. The van der Waals surface area contributed by atoms with Crippen LogP contribution in [0.4, 0.5) is 4.39 Å². The Morgan fingerprint density at radius 3 is 2.19 bits per heavy atom. The number of benzene rings is 1. The number of allylic oxidation sites excluding steroid dienone is 1. The van der Waals surface area contributed by atoms with Crippen LogP contribution in [0, 0.1) is 5.82 Å². The summed E-state index contributed by atoms with van der Waals surface area (Å²) in [6, 6.07) is 4.21. The number of ketones is 2. The van der Waals surface area contributed by atoms with Crippen LogP contribution in [0.5, 0.6) is 0 Å². The zero-order chi connectivity index (χ0) is 14.6. The predicted molar refractivity (Wildman–Crippen MR) is 89.2 cm³/mol. The fourth-order valence-corrected chi connectivity index (χ4v) is 8.33. The highest BCUT2D eigenvalue weighted by atomic mass is 32.3. The van der Waals surface area contributed by atoms with Crippen LogP contribution in [0.1, 0.15) is 20.7 Å². The molecule has 21 heavy (non-hydrogen) atoms. The van der Waals surface area contributed by atoms with Crippen molar-refractivity contribution in [3.63, 3.8) is 0 Å². The van der Waals surface area contributed by atoms with Crippen molar-refractivity contribution in [2.24, 2.45) is 0 Å². The molecule has 0 bridgehead atoms. The van der Waals surface area contributed by atoms with Gasteiger partial charge in [-0.3, -0.25) is 9.59 Å². The summed E-state index contributed by atoms with van der Waals surface area (Å²) in [6.45, 7) is 0. The molecule has 0 aromatic heterocycles. The second kappa shape index (κ2) is 5.22. The van der Waals surface area contributed by atoms with Crippen LogP contribution in [0.25, 0.3) is 0 Å². The van der Waals surface area contributed by atoms with Gasteiger partial charge in [0.15, 0.2) is 5.78 Å². The van der Waals surface area contributed by atoms with E-state index in [9.17, 15) is 14.0 Å². The van der Waals surface area contributed by atoms with Crippen molar-refractivity contribution in [1.29, 1.82) is 0 Å². The van der Waals surface area contributed by atoms with Gasteiger partial charge < -0.3 is 0 Å². The smallest absolute Gasteiger partial charge is 0.202 e. The molecule has 2 nitrogen and oxygen atoms in total. The van der Waals surface area contributed by atoms with E-state index >= 15 is 0 Å². The normalized spacial score (nSPS) is 21.2. The topological polar surface area (TPSA) is 34.1 Å². The van der Waals surface area contributed by atoms with E-state index in [1.807, 2.05) is 0 Å². The number of Topliss-reactive ketones (excluding diaryl/α,β-unsaturated/α-hetero) is 2. The molecule has 2 heterocycles. The molecule has 1 aromatic carbocycles. The lowest BCUT2D eigenvalue weighted by Gasteiger charge is -2.08. The first-order valence-electron chi connectivity index (χ1n) is 6.14. The molecule has 3 aliphatic rings. The fraction of sp³-hybridized carbons (Fsp3) is 0.143. The second-order valence-corrected chi connectivity index (χ2v) is 9.49. The van der Waals surface area contributed by atoms with Crippen molar-refractivity contribution in [3.8, 4) is 0 Å². The highest BCUT2D eigenvalue weighted by molar-refractivity contribution is 8.41. The first-order chi connectivity index (χ1) is 10.2. The second-order valence-electron chi connectivity index (χ2n) is 4.46. The summed E-state index contributed by atoms with van der Waals surface area (Å²) in [6.07, 6.45) is 0. The van der Waals surface area contributed by atoms with E-state index in [0.717, 1.165) is 20.0 Å². The van der Waals surface area contributed by atoms with Crippen molar-refractivity contribution < 1.29 is 14.0 Å². The molecule has 0 saturated heterocycles. The van der Waals surface area contributed by atoms with Gasteiger partial charge in [0.25, 0.3) is 0 Å². The summed E-state index contributed by atoms with van der Waals surface area (Å²) in [7, 11) is 0. The van der Waals surface area contributed by atoms with E-state index in [2.05, 4.69) is 0 Å². The van der Waals surface area contributed by atoms with Crippen molar-refractivity contribution in [2.45, 2.75) is 0 Å². The maximum atomic E-state index is 13.8. The first kappa shape index (κ1) is 14.0. The van der Waals surface area contributed by atoms with E-state index in [-0.39, 0.29) is 22.5 Å². The number of halogens is 1. The Morgan fingerprint density at radius 2 is 1.57 bits per heavy atom. The van der Waals surface area contributed by atoms with Crippen LogP contribution >= 0.6 is 47.0 Å². The van der Waals surface area contributed by atoms with Gasteiger partial charge in [0, 0.05) is 17.1 Å². The van der Waals surface area contributed by atoms with E-state index in [4.69, 9.17) is 0 Å². The van der Waals surface area contributed by atoms with Gasteiger partial charge in [-0.2, -0.15) is 0 Å². The monoisotopic (exact) mass is 354 g/mol. The summed E-state index contributed by atoms with van der Waals surface area (Å²) in [5.74, 6) is 0.639. The number of hydrogen-bond donors (Lipinski definition) is 0. The van der Waals surface area contributed by atoms with E-state index < -0.39 is 11.6 Å². The number of thioether (sulfide) groups is 4. The van der Waals surface area contributed by atoms with Crippen molar-refractivity contribution >= 4 is 58.6 Å². The quantitative estimate of drug-likeness (QED) is 0.504. The largest absolute Gasteiger partial charge is 0.288 e. The molecule has 0 fully saturated rings. The number of carbonyl (C=O) groups is 2. The number of rotatable bonds is 0. The van der Waals surface area contributed by atoms with Gasteiger partial charge in [-0.05, 0) is 6.07 Å². The summed E-state index contributed by atoms with van der Waals surface area (Å²) in [5.41, 5.74) is 0.256. The lowest BCUT2D eigenvalue weighted by molar-refractivity contribution is 0.0988. The Bertz CT molecular complexity index is 746. The Balaban J connectivity index is 1.79. The van der Waals surface area contributed by atoms with Gasteiger partial charge in [-0.25, -0.2) is 4.39 Å². The Kier molecular flexibility index (Phi) is 3.48. The molecule has 1 aliphatic carbocycles. The maximum Gasteiger partial charge on any atom is 0.202 e. The molecule has 0 atom stereocenters. The van der Waals surface area contributed by atoms with Gasteiger partial charge in [-0.1, -0.05) is 35.7 Å². The van der Waals surface area contributed by atoms with E-state index in [1.165, 1.54) is 41.7 Å². The van der Waals surface area contributed by atoms with Gasteiger partial charge in [0.2, 0.25) is 5.78 Å². The van der Waals surface area contributed by atoms with Crippen LogP contribution in [-0.4, -0.2) is 23.1 Å². The highest BCUT2D eigenvalue weighted by Crippen LogP contribution is 2.60. The van der Waals surface area contributed by atoms with E-state index in [1.54, 1.807) is 23.5 Å². The standard InChI is InChI=1S/C14H7FO2S4/c15-7-3-1-2-6-8(7)11(17)9(10(6)16)12-20-13-14(21-12)19-5-4-18-13/h1-3H,4-5H2. The lowest BCUT2D eigenvalue weighted by Crippen LogP contribution is -2.02. The maximum absolute atomic E-state index is 13.8. The minimum absolute atomic E-state index is 0.0728. The van der Waals surface area contributed by atoms with Crippen LogP contribution in [0.2, 0.25) is 0 Å². The van der Waals surface area contributed by atoms with Crippen molar-refractivity contribution in [3.05, 3.63) is 53.4 Å². The Morgan fingerprint density at radius 1 is 0.905 bits per heavy atom. The van der Waals surface area contributed by atoms with Crippen molar-refractivity contribution in [1.82, 2.24) is 0 Å². The van der Waals surface area contributed by atoms with Gasteiger partial charge >= 0.3 is 0 Å². The Hall–Kier alpha value is -0.630. The SMILES string of the molecule is O=C1C(=C2SC3=C(SCCS3)S2)C(=O)c2c(F)cccc21. The van der Waals surface area contributed by atoms with Crippen LogP contribution < -0.4 is 0 Å². The molecule has 0 amide bonds. The molecule has 0 spiro atoms. The van der Waals surface area contributed by atoms with Gasteiger partial charge in [0.05, 0.1) is 23.8 Å². The van der Waals surface area contributed by atoms with Crippen LogP contribution in [0.3, 0.4) is 0 Å². The van der Waals surface area contributed by atoms with Gasteiger partial charge in [-0.15, -0.1) is 23.5 Å². The molecule has 1 aromatic rings. The fourth-order valence-electron chi connectivity index (χ4n) is 2.31. The minimum atomic E-state index is -0.615. The van der Waals surface area contributed by atoms with Crippen LogP contribution in [-0.2, 0) is 0 Å².